The lowest BCUT2D eigenvalue weighted by atomic mass is 10.1. The Labute approximate surface area is 91.9 Å². The summed E-state index contributed by atoms with van der Waals surface area (Å²) in [5.41, 5.74) is 1.35. The highest BCUT2D eigenvalue weighted by molar-refractivity contribution is 7.83. The molecule has 13 heavy (non-hydrogen) atoms. The van der Waals surface area contributed by atoms with Gasteiger partial charge in [-0.3, -0.25) is 0 Å². The third-order valence-electron chi connectivity index (χ3n) is 2.10. The van der Waals surface area contributed by atoms with Gasteiger partial charge in [0.05, 0.1) is 9.23 Å². The molecule has 0 unspecified atom stereocenters. The van der Waals surface area contributed by atoms with Gasteiger partial charge in [-0.1, -0.05) is 36.7 Å². The molecule has 68 valence electrons. The van der Waals surface area contributed by atoms with Gasteiger partial charge < -0.3 is 0 Å². The lowest BCUT2D eigenvalue weighted by Crippen LogP contribution is -1.77. The lowest BCUT2D eigenvalue weighted by molar-refractivity contribution is 1.16. The molecule has 0 N–H and O–H groups in total. The summed E-state index contributed by atoms with van der Waals surface area (Å²) in [6.07, 6.45) is 1.04. The van der Waals surface area contributed by atoms with Crippen molar-refractivity contribution in [3.05, 3.63) is 28.8 Å². The summed E-state index contributed by atoms with van der Waals surface area (Å²) in [7, 11) is 0. The molecule has 1 heterocycles. The van der Waals surface area contributed by atoms with Gasteiger partial charge in [-0.25, -0.2) is 0 Å². The topological polar surface area (TPSA) is 0 Å². The van der Waals surface area contributed by atoms with Crippen LogP contribution in [0.4, 0.5) is 0 Å². The monoisotopic (exact) mass is 228 g/mol. The van der Waals surface area contributed by atoms with Crippen LogP contribution in [-0.2, 0) is 6.42 Å². The van der Waals surface area contributed by atoms with Gasteiger partial charge in [0.25, 0.3) is 0 Å². The van der Waals surface area contributed by atoms with E-state index in [1.54, 1.807) is 11.3 Å². The molecule has 0 radical (unpaired) electrons. The van der Waals surface area contributed by atoms with Crippen LogP contribution in [0.5, 0.6) is 0 Å². The number of hydrogen-bond donors (Lipinski definition) is 1. The molecule has 1 aromatic carbocycles. The smallest absolute Gasteiger partial charge is 0.0767 e. The Morgan fingerprint density at radius 3 is 2.92 bits per heavy atom. The normalized spacial score (nSPS) is 11.0. The van der Waals surface area contributed by atoms with E-state index in [2.05, 4.69) is 25.6 Å². The zero-order chi connectivity index (χ0) is 9.42. The minimum atomic E-state index is 0.790. The first-order chi connectivity index (χ1) is 6.24. The van der Waals surface area contributed by atoms with E-state index in [-0.39, 0.29) is 0 Å². The van der Waals surface area contributed by atoms with E-state index >= 15 is 0 Å². The quantitative estimate of drug-likeness (QED) is 0.687. The van der Waals surface area contributed by atoms with Crippen LogP contribution >= 0.6 is 35.6 Å². The Kier molecular flexibility index (Phi) is 2.54. The summed E-state index contributed by atoms with van der Waals surface area (Å²) < 4.78 is 2.19. The van der Waals surface area contributed by atoms with Crippen LogP contribution < -0.4 is 0 Å². The highest BCUT2D eigenvalue weighted by atomic mass is 35.5. The maximum absolute atomic E-state index is 6.10. The van der Waals surface area contributed by atoms with Crippen molar-refractivity contribution in [3.63, 3.8) is 0 Å². The number of hydrogen-bond acceptors (Lipinski definition) is 2. The molecule has 2 rings (SSSR count). The molecular formula is C10H9ClS2. The highest BCUT2D eigenvalue weighted by Crippen LogP contribution is 2.39. The van der Waals surface area contributed by atoms with E-state index < -0.39 is 0 Å². The zero-order valence-corrected chi connectivity index (χ0v) is 9.64. The second kappa shape index (κ2) is 3.52. The lowest BCUT2D eigenvalue weighted by Gasteiger charge is -1.97. The Balaban J connectivity index is 2.84. The van der Waals surface area contributed by atoms with E-state index in [1.165, 1.54) is 10.3 Å². The molecule has 0 aliphatic heterocycles. The molecule has 0 fully saturated rings. The third kappa shape index (κ3) is 1.47. The van der Waals surface area contributed by atoms with Crippen LogP contribution in [0.15, 0.2) is 22.4 Å². The van der Waals surface area contributed by atoms with Gasteiger partial charge in [0.2, 0.25) is 0 Å². The average molecular weight is 229 g/mol. The van der Waals surface area contributed by atoms with Crippen molar-refractivity contribution in [1.82, 2.24) is 0 Å². The number of thiol groups is 1. The van der Waals surface area contributed by atoms with Crippen molar-refractivity contribution in [3.8, 4) is 0 Å². The Bertz CT molecular complexity index is 445. The molecule has 0 aliphatic carbocycles. The number of benzene rings is 1. The standard InChI is InChI=1S/C10H9ClS2/c1-2-6-4-3-5-7-8(11)10(12)13-9(6)7/h3-5,12H,2H2,1H3. The van der Waals surface area contributed by atoms with Gasteiger partial charge in [0.1, 0.15) is 0 Å². The van der Waals surface area contributed by atoms with Crippen LogP contribution in [0.2, 0.25) is 5.02 Å². The predicted octanol–water partition coefficient (Wildman–Crippen LogP) is 4.41. The first-order valence-electron chi connectivity index (χ1n) is 4.13. The van der Waals surface area contributed by atoms with E-state index in [0.29, 0.717) is 0 Å². The van der Waals surface area contributed by atoms with E-state index in [0.717, 1.165) is 21.0 Å². The zero-order valence-electron chi connectivity index (χ0n) is 7.17. The molecule has 1 aromatic heterocycles. The molecule has 0 atom stereocenters. The molecule has 0 saturated heterocycles. The number of halogens is 1. The van der Waals surface area contributed by atoms with Crippen molar-refractivity contribution >= 4 is 45.7 Å². The fourth-order valence-corrected chi connectivity index (χ4v) is 3.15. The van der Waals surface area contributed by atoms with Gasteiger partial charge in [0.15, 0.2) is 0 Å². The number of aryl methyl sites for hydroxylation is 1. The third-order valence-corrected chi connectivity index (χ3v) is 4.32. The fraction of sp³-hybridized carbons (Fsp3) is 0.200. The summed E-state index contributed by atoms with van der Waals surface area (Å²) >= 11 is 12.1. The molecular weight excluding hydrogens is 220 g/mol. The number of rotatable bonds is 1. The average Bonchev–Trinajstić information content (AvgIpc) is 2.43. The molecule has 0 aliphatic rings. The van der Waals surface area contributed by atoms with Crippen molar-refractivity contribution in [2.24, 2.45) is 0 Å². The second-order valence-corrected chi connectivity index (χ2v) is 5.02. The Morgan fingerprint density at radius 2 is 2.23 bits per heavy atom. The number of thiophene rings is 1. The Morgan fingerprint density at radius 1 is 1.46 bits per heavy atom. The predicted molar refractivity (Wildman–Crippen MR) is 63.5 cm³/mol. The summed E-state index contributed by atoms with van der Waals surface area (Å²) in [4.78, 5) is 0. The summed E-state index contributed by atoms with van der Waals surface area (Å²) in [6, 6.07) is 6.24. The summed E-state index contributed by atoms with van der Waals surface area (Å²) in [5.74, 6) is 0. The van der Waals surface area contributed by atoms with Gasteiger partial charge in [0, 0.05) is 10.1 Å². The first kappa shape index (κ1) is 9.38. The van der Waals surface area contributed by atoms with Crippen LogP contribution in [0, 0.1) is 0 Å². The highest BCUT2D eigenvalue weighted by Gasteiger charge is 2.09. The van der Waals surface area contributed by atoms with Crippen LogP contribution in [0.25, 0.3) is 10.1 Å². The fourth-order valence-electron chi connectivity index (χ4n) is 1.41. The van der Waals surface area contributed by atoms with Crippen LogP contribution in [0.1, 0.15) is 12.5 Å². The second-order valence-electron chi connectivity index (χ2n) is 2.87. The Hall–Kier alpha value is -0.180. The van der Waals surface area contributed by atoms with E-state index in [1.807, 2.05) is 12.1 Å². The van der Waals surface area contributed by atoms with Gasteiger partial charge >= 0.3 is 0 Å². The van der Waals surface area contributed by atoms with Gasteiger partial charge in [-0.15, -0.1) is 24.0 Å². The minimum Gasteiger partial charge on any atom is -0.131 e. The maximum Gasteiger partial charge on any atom is 0.0767 e. The van der Waals surface area contributed by atoms with Crippen LogP contribution in [0.3, 0.4) is 0 Å². The molecule has 0 bridgehead atoms. The number of fused-ring (bicyclic) bond motifs is 1. The van der Waals surface area contributed by atoms with Gasteiger partial charge in [-0.2, -0.15) is 0 Å². The molecule has 0 saturated carbocycles. The SMILES string of the molecule is CCc1cccc2c(Cl)c(S)sc12. The van der Waals surface area contributed by atoms with E-state index in [4.69, 9.17) is 11.6 Å². The first-order valence-corrected chi connectivity index (χ1v) is 5.77. The molecule has 2 aromatic rings. The molecule has 0 nitrogen and oxygen atoms in total. The maximum atomic E-state index is 6.10. The van der Waals surface area contributed by atoms with Gasteiger partial charge in [-0.05, 0) is 12.0 Å². The van der Waals surface area contributed by atoms with Crippen molar-refractivity contribution in [1.29, 1.82) is 0 Å². The van der Waals surface area contributed by atoms with Crippen molar-refractivity contribution in [2.45, 2.75) is 17.6 Å². The largest absolute Gasteiger partial charge is 0.131 e. The molecule has 3 heteroatoms. The van der Waals surface area contributed by atoms with E-state index in [9.17, 15) is 0 Å². The van der Waals surface area contributed by atoms with Crippen LogP contribution in [-0.4, -0.2) is 0 Å². The molecule has 0 spiro atoms. The van der Waals surface area contributed by atoms with Crippen molar-refractivity contribution < 1.29 is 0 Å². The van der Waals surface area contributed by atoms with Crippen molar-refractivity contribution in [2.75, 3.05) is 0 Å². The summed E-state index contributed by atoms with van der Waals surface area (Å²) in [6.45, 7) is 2.15. The summed E-state index contributed by atoms with van der Waals surface area (Å²) in [5, 5.41) is 1.93. The minimum absolute atomic E-state index is 0.790. The molecule has 0 amide bonds.